The fraction of sp³-hybridized carbons (Fsp3) is 0.250. The largest absolute Gasteiger partial charge is 0.435 e. The smallest absolute Gasteiger partial charge is 0.387 e. The minimum Gasteiger partial charge on any atom is -0.435 e. The molecular formula is C28H25Cl2F3N4O4. The van der Waals surface area contributed by atoms with E-state index < -0.39 is 41.7 Å². The van der Waals surface area contributed by atoms with Crippen LogP contribution in [0.25, 0.3) is 0 Å². The van der Waals surface area contributed by atoms with Crippen molar-refractivity contribution in [2.45, 2.75) is 32.0 Å². The summed E-state index contributed by atoms with van der Waals surface area (Å²) in [5.74, 6) is -2.56. The molecule has 216 valence electrons. The molecule has 1 atom stereocenters. The Morgan fingerprint density at radius 3 is 2.24 bits per heavy atom. The van der Waals surface area contributed by atoms with Crippen molar-refractivity contribution >= 4 is 58.0 Å². The molecule has 8 nitrogen and oxygen atoms in total. The van der Waals surface area contributed by atoms with Crippen LogP contribution in [-0.2, 0) is 9.59 Å². The summed E-state index contributed by atoms with van der Waals surface area (Å²) in [6.07, 6.45) is 0. The molecule has 1 aliphatic rings. The van der Waals surface area contributed by atoms with Gasteiger partial charge in [0, 0.05) is 28.3 Å². The number of anilines is 3. The first-order valence-corrected chi connectivity index (χ1v) is 13.0. The van der Waals surface area contributed by atoms with Crippen molar-refractivity contribution in [3.05, 3.63) is 82.1 Å². The lowest BCUT2D eigenvalue weighted by Gasteiger charge is -2.30. The van der Waals surface area contributed by atoms with Crippen molar-refractivity contribution < 1.29 is 32.3 Å². The third kappa shape index (κ3) is 6.86. The van der Waals surface area contributed by atoms with Crippen LogP contribution in [0.15, 0.2) is 60.7 Å². The van der Waals surface area contributed by atoms with Crippen molar-refractivity contribution in [3.8, 4) is 5.75 Å². The van der Waals surface area contributed by atoms with Gasteiger partial charge < -0.3 is 25.2 Å². The third-order valence-electron chi connectivity index (χ3n) is 6.38. The van der Waals surface area contributed by atoms with Crippen LogP contribution in [0.2, 0.25) is 10.0 Å². The molecule has 0 fully saturated rings. The molecule has 13 heteroatoms. The fourth-order valence-corrected chi connectivity index (χ4v) is 4.81. The number of hydrogen-bond donors (Lipinski definition) is 2. The number of nitrogens with zero attached hydrogens (tertiary/aromatic N) is 2. The third-order valence-corrected chi connectivity index (χ3v) is 6.82. The molecule has 0 saturated carbocycles. The van der Waals surface area contributed by atoms with Crippen molar-refractivity contribution in [2.75, 3.05) is 23.4 Å². The van der Waals surface area contributed by atoms with E-state index in [9.17, 15) is 27.6 Å². The number of fused-ring (bicyclic) bond motifs is 1. The zero-order valence-corrected chi connectivity index (χ0v) is 23.6. The zero-order valence-electron chi connectivity index (χ0n) is 22.1. The standard InChI is InChI=1S/C28H25Cl2F3N4O4/c1-28(2,35-24(38)15-4-7-20(8-5-15)41-27(32)33)26(40)34-21-14-37(19-11-16(29)10-17(30)12-19)22-9-6-18(31)13-23(22)36(3)25(21)39/h4-13,21,27H,14H2,1-3H3,(H,34,40)(H,35,38)/t21-/m1/s1. The Bertz CT molecular complexity index is 1470. The summed E-state index contributed by atoms with van der Waals surface area (Å²) >= 11 is 12.5. The second-order valence-electron chi connectivity index (χ2n) is 9.78. The number of likely N-dealkylation sites (N-methyl/N-ethyl adjacent to an activating group) is 1. The van der Waals surface area contributed by atoms with Crippen molar-refractivity contribution in [1.29, 1.82) is 0 Å². The Hall–Kier alpha value is -3.96. The summed E-state index contributed by atoms with van der Waals surface area (Å²) in [6.45, 7) is -0.197. The maximum Gasteiger partial charge on any atom is 0.387 e. The first-order chi connectivity index (χ1) is 19.2. The van der Waals surface area contributed by atoms with Gasteiger partial charge in [-0.2, -0.15) is 8.78 Å². The minimum absolute atomic E-state index is 0.0696. The molecule has 4 rings (SSSR count). The van der Waals surface area contributed by atoms with Crippen LogP contribution in [0.5, 0.6) is 5.75 Å². The van der Waals surface area contributed by atoms with Crippen molar-refractivity contribution in [3.63, 3.8) is 0 Å². The van der Waals surface area contributed by atoms with Gasteiger partial charge in [0.1, 0.15) is 23.1 Å². The first-order valence-electron chi connectivity index (χ1n) is 12.2. The van der Waals surface area contributed by atoms with E-state index in [2.05, 4.69) is 15.4 Å². The molecule has 3 aromatic carbocycles. The molecule has 0 saturated heterocycles. The van der Waals surface area contributed by atoms with E-state index in [1.165, 1.54) is 74.3 Å². The normalized spacial score (nSPS) is 15.3. The zero-order chi connectivity index (χ0) is 30.1. The van der Waals surface area contributed by atoms with E-state index in [0.717, 1.165) is 0 Å². The second-order valence-corrected chi connectivity index (χ2v) is 10.6. The summed E-state index contributed by atoms with van der Waals surface area (Å²) in [7, 11) is 1.46. The van der Waals surface area contributed by atoms with Gasteiger partial charge in [0.05, 0.1) is 17.9 Å². The van der Waals surface area contributed by atoms with Gasteiger partial charge in [0.15, 0.2) is 0 Å². The molecule has 0 spiro atoms. The average molecular weight is 609 g/mol. The van der Waals surface area contributed by atoms with Crippen LogP contribution < -0.4 is 25.2 Å². The van der Waals surface area contributed by atoms with E-state index in [0.29, 0.717) is 21.4 Å². The number of alkyl halides is 2. The number of rotatable bonds is 7. The number of carbonyl (C=O) groups excluding carboxylic acids is 3. The van der Waals surface area contributed by atoms with E-state index in [4.69, 9.17) is 23.2 Å². The molecule has 1 aliphatic heterocycles. The Balaban J connectivity index is 1.58. The molecule has 2 N–H and O–H groups in total. The fourth-order valence-electron chi connectivity index (χ4n) is 4.29. The summed E-state index contributed by atoms with van der Waals surface area (Å²) in [6, 6.07) is 12.6. The maximum atomic E-state index is 14.2. The summed E-state index contributed by atoms with van der Waals surface area (Å²) < 4.78 is 43.3. The van der Waals surface area contributed by atoms with Gasteiger partial charge in [-0.15, -0.1) is 0 Å². The lowest BCUT2D eigenvalue weighted by molar-refractivity contribution is -0.130. The van der Waals surface area contributed by atoms with Crippen molar-refractivity contribution in [2.24, 2.45) is 0 Å². The quantitative estimate of drug-likeness (QED) is 0.367. The van der Waals surface area contributed by atoms with E-state index in [1.54, 1.807) is 17.0 Å². The highest BCUT2D eigenvalue weighted by Crippen LogP contribution is 2.39. The van der Waals surface area contributed by atoms with Crippen molar-refractivity contribution in [1.82, 2.24) is 10.6 Å². The lowest BCUT2D eigenvalue weighted by atomic mass is 10.0. The summed E-state index contributed by atoms with van der Waals surface area (Å²) in [4.78, 5) is 42.6. The number of halogens is 5. The molecule has 3 amide bonds. The number of benzene rings is 3. The number of amides is 3. The number of nitrogens with one attached hydrogen (secondary N) is 2. The number of ether oxygens (including phenoxy) is 1. The Morgan fingerprint density at radius 1 is 1.00 bits per heavy atom. The molecular weight excluding hydrogens is 584 g/mol. The van der Waals surface area contributed by atoms with Crippen LogP contribution in [0.1, 0.15) is 24.2 Å². The predicted octanol–water partition coefficient (Wildman–Crippen LogP) is 5.54. The summed E-state index contributed by atoms with van der Waals surface area (Å²) in [5, 5.41) is 5.94. The molecule has 0 aromatic heterocycles. The van der Waals surface area contributed by atoms with Crippen LogP contribution in [0.4, 0.5) is 30.2 Å². The first kappa shape index (κ1) is 30.0. The van der Waals surface area contributed by atoms with Crippen LogP contribution >= 0.6 is 23.2 Å². The highest BCUT2D eigenvalue weighted by atomic mass is 35.5. The Labute approximate surface area is 244 Å². The number of carbonyl (C=O) groups is 3. The monoisotopic (exact) mass is 608 g/mol. The average Bonchev–Trinajstić information content (AvgIpc) is 2.98. The molecule has 0 bridgehead atoms. The van der Waals surface area contributed by atoms with Gasteiger partial charge in [-0.05, 0) is 74.5 Å². The molecule has 0 unspecified atom stereocenters. The van der Waals surface area contributed by atoms with E-state index in [-0.39, 0.29) is 23.5 Å². The minimum atomic E-state index is -3.01. The van der Waals surface area contributed by atoms with E-state index in [1.807, 2.05) is 0 Å². The maximum absolute atomic E-state index is 14.2. The van der Waals surface area contributed by atoms with Crippen LogP contribution in [-0.4, -0.2) is 49.5 Å². The van der Waals surface area contributed by atoms with Gasteiger partial charge in [-0.3, -0.25) is 14.4 Å². The second kappa shape index (κ2) is 11.9. The predicted molar refractivity (Wildman–Crippen MR) is 150 cm³/mol. The van der Waals surface area contributed by atoms with Gasteiger partial charge >= 0.3 is 6.61 Å². The molecule has 3 aromatic rings. The van der Waals surface area contributed by atoms with Gasteiger partial charge in [-0.25, -0.2) is 4.39 Å². The molecule has 0 radical (unpaired) electrons. The summed E-state index contributed by atoms with van der Waals surface area (Å²) in [5.41, 5.74) is -0.175. The molecule has 41 heavy (non-hydrogen) atoms. The SMILES string of the molecule is CN1C(=O)[C@H](NC(=O)C(C)(C)NC(=O)c2ccc(OC(F)F)cc2)CN(c2cc(Cl)cc(Cl)c2)c2ccc(F)cc21. The Kier molecular flexibility index (Phi) is 8.69. The van der Waals surface area contributed by atoms with Gasteiger partial charge in [0.25, 0.3) is 11.8 Å². The highest BCUT2D eigenvalue weighted by Gasteiger charge is 2.38. The van der Waals surface area contributed by atoms with Crippen LogP contribution in [0.3, 0.4) is 0 Å². The van der Waals surface area contributed by atoms with E-state index >= 15 is 0 Å². The van der Waals surface area contributed by atoms with Gasteiger partial charge in [-0.1, -0.05) is 23.2 Å². The highest BCUT2D eigenvalue weighted by molar-refractivity contribution is 6.35. The molecule has 0 aliphatic carbocycles. The van der Waals surface area contributed by atoms with Crippen LogP contribution in [0, 0.1) is 5.82 Å². The van der Waals surface area contributed by atoms with Gasteiger partial charge in [0.2, 0.25) is 5.91 Å². The number of hydrogen-bond acceptors (Lipinski definition) is 5. The molecule has 1 heterocycles. The topological polar surface area (TPSA) is 91.0 Å². The lowest BCUT2D eigenvalue weighted by Crippen LogP contribution is -2.60. The Morgan fingerprint density at radius 2 is 1.63 bits per heavy atom.